The predicted molar refractivity (Wildman–Crippen MR) is 56.5 cm³/mol. The van der Waals surface area contributed by atoms with Gasteiger partial charge in [0.25, 0.3) is 0 Å². The molecular formula is C10H23NO2. The number of hydrogen-bond acceptors (Lipinski definition) is 2. The van der Waals surface area contributed by atoms with Crippen LogP contribution in [0.3, 0.4) is 0 Å². The van der Waals surface area contributed by atoms with Gasteiger partial charge in [-0.1, -0.05) is 40.5 Å². The van der Waals surface area contributed by atoms with E-state index in [-0.39, 0.29) is 11.5 Å². The van der Waals surface area contributed by atoms with Gasteiger partial charge in [0.15, 0.2) is 0 Å². The average molecular weight is 189 g/mol. The van der Waals surface area contributed by atoms with Gasteiger partial charge in [0.2, 0.25) is 6.54 Å². The Balaban J connectivity index is 0. The molecule has 0 N–H and O–H groups in total. The first-order valence-electron chi connectivity index (χ1n) is 5.16. The number of rotatable bonds is 5. The number of unbranched alkanes of at least 4 members (excludes halogenated alkanes) is 1. The Hall–Kier alpha value is -0.600. The molecule has 0 aliphatic carbocycles. The second-order valence-electron chi connectivity index (χ2n) is 3.65. The summed E-state index contributed by atoms with van der Waals surface area (Å²) >= 11 is 0. The van der Waals surface area contributed by atoms with Crippen LogP contribution in [-0.2, 0) is 0 Å². The summed E-state index contributed by atoms with van der Waals surface area (Å²) in [4.78, 5) is 9.60. The second-order valence-corrected chi connectivity index (χ2v) is 3.65. The van der Waals surface area contributed by atoms with Crippen LogP contribution in [0.4, 0.5) is 0 Å². The third-order valence-corrected chi connectivity index (χ3v) is 1.37. The van der Waals surface area contributed by atoms with Crippen LogP contribution in [0.5, 0.6) is 0 Å². The minimum atomic E-state index is -0.250. The van der Waals surface area contributed by atoms with Crippen molar-refractivity contribution in [3.05, 3.63) is 10.1 Å². The van der Waals surface area contributed by atoms with Gasteiger partial charge < -0.3 is 0 Å². The molecule has 0 radical (unpaired) electrons. The molecule has 0 unspecified atom stereocenters. The third-order valence-electron chi connectivity index (χ3n) is 1.37. The molecule has 0 fully saturated rings. The second kappa shape index (κ2) is 11.4. The van der Waals surface area contributed by atoms with Crippen molar-refractivity contribution in [1.82, 2.24) is 0 Å². The lowest BCUT2D eigenvalue weighted by Crippen LogP contribution is -2.00. The third kappa shape index (κ3) is 24.6. The van der Waals surface area contributed by atoms with Gasteiger partial charge >= 0.3 is 0 Å². The molecule has 0 bridgehead atoms. The minimum Gasteiger partial charge on any atom is -0.265 e. The smallest absolute Gasteiger partial charge is 0.203 e. The van der Waals surface area contributed by atoms with E-state index in [4.69, 9.17) is 0 Å². The van der Waals surface area contributed by atoms with Crippen LogP contribution in [0.1, 0.15) is 53.4 Å². The first-order chi connectivity index (χ1) is 6.04. The maximum absolute atomic E-state index is 9.85. The highest BCUT2D eigenvalue weighted by Gasteiger charge is 1.97. The van der Waals surface area contributed by atoms with E-state index in [9.17, 15) is 10.1 Å². The Morgan fingerprint density at radius 1 is 1.23 bits per heavy atom. The molecule has 0 aromatic carbocycles. The predicted octanol–water partition coefficient (Wildman–Crippen LogP) is 3.51. The van der Waals surface area contributed by atoms with E-state index < -0.39 is 0 Å². The summed E-state index contributed by atoms with van der Waals surface area (Å²) in [6.45, 7) is 8.64. The lowest BCUT2D eigenvalue weighted by Gasteiger charge is -2.00. The van der Waals surface area contributed by atoms with Crippen molar-refractivity contribution in [2.75, 3.05) is 6.54 Å². The molecule has 80 valence electrons. The molecule has 0 aromatic heterocycles. The summed E-state index contributed by atoms with van der Waals surface area (Å²) in [5.74, 6) is 0.673. The zero-order chi connectivity index (χ0) is 10.7. The van der Waals surface area contributed by atoms with Gasteiger partial charge in [-0.25, -0.2) is 0 Å². The first-order valence-corrected chi connectivity index (χ1v) is 5.16. The fourth-order valence-corrected chi connectivity index (χ4v) is 0.793. The van der Waals surface area contributed by atoms with Crippen LogP contribution >= 0.6 is 0 Å². The number of hydrogen-bond donors (Lipinski definition) is 0. The Morgan fingerprint density at radius 3 is 2.00 bits per heavy atom. The van der Waals surface area contributed by atoms with Gasteiger partial charge in [-0.05, 0) is 12.3 Å². The van der Waals surface area contributed by atoms with E-state index in [2.05, 4.69) is 27.7 Å². The lowest BCUT2D eigenvalue weighted by molar-refractivity contribution is -0.480. The maximum atomic E-state index is 9.85. The molecular weight excluding hydrogens is 166 g/mol. The van der Waals surface area contributed by atoms with E-state index in [0.29, 0.717) is 5.92 Å². The molecule has 0 heterocycles. The van der Waals surface area contributed by atoms with E-state index in [1.54, 1.807) is 0 Å². The minimum absolute atomic E-state index is 0.132. The fraction of sp³-hybridized carbons (Fsp3) is 1.00. The largest absolute Gasteiger partial charge is 0.265 e. The summed E-state index contributed by atoms with van der Waals surface area (Å²) in [5, 5.41) is 9.85. The molecule has 0 amide bonds. The van der Waals surface area contributed by atoms with Crippen molar-refractivity contribution in [2.45, 2.75) is 53.4 Å². The molecule has 13 heavy (non-hydrogen) atoms. The first kappa shape index (κ1) is 14.9. The Bertz CT molecular complexity index is 113. The Labute approximate surface area is 81.7 Å². The molecule has 0 rings (SSSR count). The van der Waals surface area contributed by atoms with Crippen molar-refractivity contribution in [3.8, 4) is 0 Å². The normalized spacial score (nSPS) is 9.31. The molecule has 0 saturated heterocycles. The highest BCUT2D eigenvalue weighted by Crippen LogP contribution is 2.05. The van der Waals surface area contributed by atoms with Gasteiger partial charge in [-0.15, -0.1) is 0 Å². The molecule has 3 nitrogen and oxygen atoms in total. The molecule has 0 saturated carbocycles. The van der Waals surface area contributed by atoms with E-state index in [1.165, 1.54) is 6.42 Å². The van der Waals surface area contributed by atoms with Crippen molar-refractivity contribution >= 4 is 0 Å². The summed E-state index contributed by atoms with van der Waals surface area (Å²) in [6.07, 6.45) is 4.07. The fourth-order valence-electron chi connectivity index (χ4n) is 0.793. The Morgan fingerprint density at radius 2 is 1.69 bits per heavy atom. The van der Waals surface area contributed by atoms with Gasteiger partial charge in [0, 0.05) is 11.3 Å². The monoisotopic (exact) mass is 189 g/mol. The standard InChI is InChI=1S/C7H15NO2.C3H8/c1-7(2)5-3-4-6-8(9)10;1-3-2/h7H,3-6H2,1-2H3;3H2,1-2H3. The lowest BCUT2D eigenvalue weighted by atomic mass is 10.1. The van der Waals surface area contributed by atoms with Crippen molar-refractivity contribution < 1.29 is 4.92 Å². The van der Waals surface area contributed by atoms with Crippen LogP contribution in [0, 0.1) is 16.0 Å². The van der Waals surface area contributed by atoms with Crippen LogP contribution < -0.4 is 0 Å². The van der Waals surface area contributed by atoms with Crippen LogP contribution in [0.2, 0.25) is 0 Å². The zero-order valence-corrected chi connectivity index (χ0v) is 9.38. The topological polar surface area (TPSA) is 43.1 Å². The van der Waals surface area contributed by atoms with Gasteiger partial charge in [0.05, 0.1) is 0 Å². The molecule has 0 spiro atoms. The van der Waals surface area contributed by atoms with Crippen LogP contribution in [0.25, 0.3) is 0 Å². The molecule has 0 atom stereocenters. The van der Waals surface area contributed by atoms with Gasteiger partial charge in [-0.2, -0.15) is 0 Å². The molecule has 3 heteroatoms. The summed E-state index contributed by atoms with van der Waals surface area (Å²) in [6, 6.07) is 0. The maximum Gasteiger partial charge on any atom is 0.203 e. The van der Waals surface area contributed by atoms with Gasteiger partial charge in [0.1, 0.15) is 0 Å². The summed E-state index contributed by atoms with van der Waals surface area (Å²) in [5.41, 5.74) is 0. The number of nitrogens with zero attached hydrogens (tertiary/aromatic N) is 1. The van der Waals surface area contributed by atoms with Crippen LogP contribution in [-0.4, -0.2) is 11.5 Å². The zero-order valence-electron chi connectivity index (χ0n) is 9.38. The van der Waals surface area contributed by atoms with E-state index in [0.717, 1.165) is 19.3 Å². The summed E-state index contributed by atoms with van der Waals surface area (Å²) < 4.78 is 0. The van der Waals surface area contributed by atoms with Crippen molar-refractivity contribution in [2.24, 2.45) is 5.92 Å². The average Bonchev–Trinajstić information content (AvgIpc) is 1.99. The highest BCUT2D eigenvalue weighted by molar-refractivity contribution is 4.45. The SMILES string of the molecule is CC(C)CCCC[N+](=O)[O-].CCC. The van der Waals surface area contributed by atoms with Crippen molar-refractivity contribution in [1.29, 1.82) is 0 Å². The molecule has 0 aliphatic rings. The quantitative estimate of drug-likeness (QED) is 0.377. The highest BCUT2D eigenvalue weighted by atomic mass is 16.6. The summed E-state index contributed by atoms with van der Waals surface area (Å²) in [7, 11) is 0. The Kier molecular flexibility index (Phi) is 13.1. The van der Waals surface area contributed by atoms with Crippen molar-refractivity contribution in [3.63, 3.8) is 0 Å². The number of nitro groups is 1. The van der Waals surface area contributed by atoms with E-state index in [1.807, 2.05) is 0 Å². The molecule has 0 aliphatic heterocycles. The van der Waals surface area contributed by atoms with E-state index >= 15 is 0 Å². The van der Waals surface area contributed by atoms with Crippen LogP contribution in [0.15, 0.2) is 0 Å². The molecule has 0 aromatic rings. The van der Waals surface area contributed by atoms with Gasteiger partial charge in [-0.3, -0.25) is 10.1 Å².